The molecule has 16 heavy (non-hydrogen) atoms. The predicted molar refractivity (Wildman–Crippen MR) is 57.1 cm³/mol. The highest BCUT2D eigenvalue weighted by molar-refractivity contribution is 5.94. The van der Waals surface area contributed by atoms with Gasteiger partial charge in [-0.15, -0.1) is 0 Å². The van der Waals surface area contributed by atoms with Crippen molar-refractivity contribution in [2.75, 3.05) is 13.7 Å². The lowest BCUT2D eigenvalue weighted by Crippen LogP contribution is -2.09. The molecule has 0 radical (unpaired) electrons. The Morgan fingerprint density at radius 2 is 2.44 bits per heavy atom. The number of amides is 1. The van der Waals surface area contributed by atoms with Crippen LogP contribution in [0.5, 0.6) is 0 Å². The van der Waals surface area contributed by atoms with Crippen LogP contribution < -0.4 is 5.73 Å². The van der Waals surface area contributed by atoms with Crippen molar-refractivity contribution in [3.63, 3.8) is 0 Å². The third-order valence-electron chi connectivity index (χ3n) is 2.21. The van der Waals surface area contributed by atoms with Gasteiger partial charge in [-0.3, -0.25) is 4.79 Å². The average molecular weight is 220 g/mol. The van der Waals surface area contributed by atoms with Crippen molar-refractivity contribution in [1.29, 1.82) is 0 Å². The maximum absolute atomic E-state index is 11.0. The molecule has 0 aliphatic heterocycles. The first-order chi connectivity index (χ1) is 7.70. The second kappa shape index (κ2) is 4.28. The second-order valence-electron chi connectivity index (χ2n) is 3.38. The molecule has 0 aromatic carbocycles. The van der Waals surface area contributed by atoms with Gasteiger partial charge in [0, 0.05) is 19.7 Å². The van der Waals surface area contributed by atoms with E-state index in [-0.39, 0.29) is 0 Å². The number of nitrogens with two attached hydrogens (primary N) is 1. The minimum Gasteiger partial charge on any atom is -0.384 e. The molecule has 0 aliphatic rings. The van der Waals surface area contributed by atoms with Crippen molar-refractivity contribution in [2.24, 2.45) is 5.73 Å². The lowest BCUT2D eigenvalue weighted by atomic mass is 10.3. The molecule has 6 heteroatoms. The topological polar surface area (TPSA) is 82.5 Å². The molecule has 2 rings (SSSR count). The zero-order valence-corrected chi connectivity index (χ0v) is 8.88. The van der Waals surface area contributed by atoms with Crippen LogP contribution in [0, 0.1) is 0 Å². The lowest BCUT2D eigenvalue weighted by Gasteiger charge is -1.99. The largest absolute Gasteiger partial charge is 0.384 e. The number of carbonyl (C=O) groups is 1. The van der Waals surface area contributed by atoms with Gasteiger partial charge in [-0.25, -0.2) is 9.50 Å². The normalized spacial score (nSPS) is 10.8. The SMILES string of the molecule is COCCc1ncc2cc(C(N)=O)cn2n1. The number of methoxy groups -OCH3 is 1. The molecule has 0 saturated heterocycles. The summed E-state index contributed by atoms with van der Waals surface area (Å²) in [7, 11) is 1.62. The van der Waals surface area contributed by atoms with E-state index < -0.39 is 5.91 Å². The number of aromatic nitrogens is 3. The molecule has 2 N–H and O–H groups in total. The Morgan fingerprint density at radius 3 is 3.12 bits per heavy atom. The molecular formula is C10H12N4O2. The van der Waals surface area contributed by atoms with Gasteiger partial charge >= 0.3 is 0 Å². The number of hydrogen-bond acceptors (Lipinski definition) is 4. The predicted octanol–water partition coefficient (Wildman–Crippen LogP) is 0.0171. The van der Waals surface area contributed by atoms with Crippen LogP contribution in [0.15, 0.2) is 18.5 Å². The standard InChI is InChI=1S/C10H12N4O2/c1-16-3-2-9-12-5-8-4-7(10(11)15)6-14(8)13-9/h4-6H,2-3H2,1H3,(H2,11,15). The van der Waals surface area contributed by atoms with Gasteiger partial charge < -0.3 is 10.5 Å². The molecule has 84 valence electrons. The van der Waals surface area contributed by atoms with Gasteiger partial charge in [0.05, 0.1) is 23.9 Å². The Kier molecular flexibility index (Phi) is 2.82. The molecule has 0 bridgehead atoms. The maximum atomic E-state index is 11.0. The lowest BCUT2D eigenvalue weighted by molar-refractivity contribution is 0.100. The number of primary amides is 1. The van der Waals surface area contributed by atoms with Gasteiger partial charge in [0.1, 0.15) is 0 Å². The zero-order valence-electron chi connectivity index (χ0n) is 8.88. The van der Waals surface area contributed by atoms with E-state index in [1.165, 1.54) is 0 Å². The van der Waals surface area contributed by atoms with Gasteiger partial charge in [-0.05, 0) is 6.07 Å². The number of hydrogen-bond donors (Lipinski definition) is 1. The number of fused-ring (bicyclic) bond motifs is 1. The van der Waals surface area contributed by atoms with Gasteiger partial charge in [0.25, 0.3) is 0 Å². The van der Waals surface area contributed by atoms with Crippen LogP contribution in [0.4, 0.5) is 0 Å². The fraction of sp³-hybridized carbons (Fsp3) is 0.300. The zero-order chi connectivity index (χ0) is 11.5. The van der Waals surface area contributed by atoms with E-state index in [4.69, 9.17) is 10.5 Å². The van der Waals surface area contributed by atoms with Crippen molar-refractivity contribution >= 4 is 11.4 Å². The first-order valence-electron chi connectivity index (χ1n) is 4.84. The van der Waals surface area contributed by atoms with E-state index in [2.05, 4.69) is 10.1 Å². The molecule has 6 nitrogen and oxygen atoms in total. The highest BCUT2D eigenvalue weighted by Crippen LogP contribution is 2.07. The van der Waals surface area contributed by atoms with Crippen LogP contribution in [-0.4, -0.2) is 34.2 Å². The fourth-order valence-corrected chi connectivity index (χ4v) is 1.39. The van der Waals surface area contributed by atoms with Crippen LogP contribution in [0.25, 0.3) is 5.52 Å². The summed E-state index contributed by atoms with van der Waals surface area (Å²) in [6.07, 6.45) is 3.89. The van der Waals surface area contributed by atoms with Crippen LogP contribution >= 0.6 is 0 Å². The van der Waals surface area contributed by atoms with E-state index in [0.29, 0.717) is 24.4 Å². The molecule has 2 aromatic heterocycles. The Bertz CT molecular complexity index is 521. The van der Waals surface area contributed by atoms with Gasteiger partial charge in [0.2, 0.25) is 5.91 Å². The van der Waals surface area contributed by atoms with E-state index >= 15 is 0 Å². The van der Waals surface area contributed by atoms with E-state index in [0.717, 1.165) is 5.52 Å². The van der Waals surface area contributed by atoms with Gasteiger partial charge in [-0.1, -0.05) is 0 Å². The quantitative estimate of drug-likeness (QED) is 0.787. The molecule has 0 unspecified atom stereocenters. The maximum Gasteiger partial charge on any atom is 0.250 e. The van der Waals surface area contributed by atoms with Crippen LogP contribution in [-0.2, 0) is 11.2 Å². The highest BCUT2D eigenvalue weighted by atomic mass is 16.5. The van der Waals surface area contributed by atoms with Crippen molar-refractivity contribution in [3.05, 3.63) is 29.8 Å². The Morgan fingerprint density at radius 1 is 1.62 bits per heavy atom. The number of carbonyl (C=O) groups excluding carboxylic acids is 1. The highest BCUT2D eigenvalue weighted by Gasteiger charge is 2.06. The summed E-state index contributed by atoms with van der Waals surface area (Å²) in [5.41, 5.74) is 6.35. The first kappa shape index (κ1) is 10.6. The number of ether oxygens (including phenoxy) is 1. The molecular weight excluding hydrogens is 208 g/mol. The summed E-state index contributed by atoms with van der Waals surface area (Å²) in [4.78, 5) is 15.1. The van der Waals surface area contributed by atoms with Crippen molar-refractivity contribution in [2.45, 2.75) is 6.42 Å². The minimum absolute atomic E-state index is 0.429. The van der Waals surface area contributed by atoms with Crippen molar-refractivity contribution in [1.82, 2.24) is 14.6 Å². The molecule has 2 heterocycles. The first-order valence-corrected chi connectivity index (χ1v) is 4.84. The Labute approximate surface area is 92.0 Å². The number of nitrogens with zero attached hydrogens (tertiary/aromatic N) is 3. The van der Waals surface area contributed by atoms with E-state index in [9.17, 15) is 4.79 Å². The summed E-state index contributed by atoms with van der Waals surface area (Å²) >= 11 is 0. The Hall–Kier alpha value is -1.95. The smallest absolute Gasteiger partial charge is 0.250 e. The third-order valence-corrected chi connectivity index (χ3v) is 2.21. The molecule has 0 spiro atoms. The average Bonchev–Trinajstić information content (AvgIpc) is 2.69. The van der Waals surface area contributed by atoms with Crippen molar-refractivity contribution in [3.8, 4) is 0 Å². The molecule has 0 saturated carbocycles. The summed E-state index contributed by atoms with van der Waals surface area (Å²) in [5.74, 6) is 0.199. The monoisotopic (exact) mass is 220 g/mol. The second-order valence-corrected chi connectivity index (χ2v) is 3.38. The molecule has 0 atom stereocenters. The molecule has 0 aliphatic carbocycles. The minimum atomic E-state index is -0.469. The number of rotatable bonds is 4. The van der Waals surface area contributed by atoms with Crippen LogP contribution in [0.2, 0.25) is 0 Å². The van der Waals surface area contributed by atoms with Gasteiger partial charge in [-0.2, -0.15) is 5.10 Å². The Balaban J connectivity index is 2.34. The molecule has 0 fully saturated rings. The summed E-state index contributed by atoms with van der Waals surface area (Å²) in [6, 6.07) is 1.66. The van der Waals surface area contributed by atoms with Crippen molar-refractivity contribution < 1.29 is 9.53 Å². The summed E-state index contributed by atoms with van der Waals surface area (Å²) in [6.45, 7) is 0.565. The molecule has 2 aromatic rings. The molecule has 1 amide bonds. The van der Waals surface area contributed by atoms with Gasteiger partial charge in [0.15, 0.2) is 5.82 Å². The van der Waals surface area contributed by atoms with Crippen LogP contribution in [0.1, 0.15) is 16.2 Å². The van der Waals surface area contributed by atoms with E-state index in [1.807, 2.05) is 0 Å². The fourth-order valence-electron chi connectivity index (χ4n) is 1.39. The third kappa shape index (κ3) is 2.01. The van der Waals surface area contributed by atoms with E-state index in [1.54, 1.807) is 30.1 Å². The summed E-state index contributed by atoms with van der Waals surface area (Å²) < 4.78 is 6.53. The summed E-state index contributed by atoms with van der Waals surface area (Å²) in [5, 5.41) is 4.23. The van der Waals surface area contributed by atoms with Crippen LogP contribution in [0.3, 0.4) is 0 Å².